The van der Waals surface area contributed by atoms with E-state index in [0.29, 0.717) is 0 Å². The Morgan fingerprint density at radius 2 is 2.00 bits per heavy atom. The van der Waals surface area contributed by atoms with Crippen molar-refractivity contribution < 1.29 is 17.8 Å². The standard InChI is InChI=1S/C15H17N3O4S/c16-10-12(11-18-7-2-1-3-8-18)15(19)17-13-5-4-6-14(9-13)23(20,21)22/h4-6,9,11H,1-3,7-8H2,(H,17,19)(H,20,21,22)/b12-11-. The first kappa shape index (κ1) is 17.0. The molecule has 122 valence electrons. The van der Waals surface area contributed by atoms with Crippen LogP contribution in [-0.2, 0) is 14.9 Å². The molecule has 0 atom stereocenters. The van der Waals surface area contributed by atoms with Gasteiger partial charge in [0.05, 0.1) is 4.90 Å². The Morgan fingerprint density at radius 3 is 2.61 bits per heavy atom. The number of amides is 1. The molecule has 7 nitrogen and oxygen atoms in total. The van der Waals surface area contributed by atoms with E-state index in [1.165, 1.54) is 24.4 Å². The van der Waals surface area contributed by atoms with Crippen LogP contribution in [0.3, 0.4) is 0 Å². The van der Waals surface area contributed by atoms with Crippen LogP contribution < -0.4 is 5.32 Å². The van der Waals surface area contributed by atoms with E-state index < -0.39 is 16.0 Å². The molecular weight excluding hydrogens is 318 g/mol. The van der Waals surface area contributed by atoms with Gasteiger partial charge in [0.1, 0.15) is 11.6 Å². The molecule has 1 fully saturated rings. The van der Waals surface area contributed by atoms with Gasteiger partial charge in [-0.25, -0.2) is 0 Å². The summed E-state index contributed by atoms with van der Waals surface area (Å²) < 4.78 is 31.2. The summed E-state index contributed by atoms with van der Waals surface area (Å²) in [6.45, 7) is 1.60. The van der Waals surface area contributed by atoms with Crippen molar-refractivity contribution >= 4 is 21.7 Å². The quantitative estimate of drug-likeness (QED) is 0.493. The summed E-state index contributed by atoms with van der Waals surface area (Å²) in [6.07, 6.45) is 4.71. The Hall–Kier alpha value is -2.37. The highest BCUT2D eigenvalue weighted by Gasteiger charge is 2.15. The smallest absolute Gasteiger partial charge is 0.294 e. The Kier molecular flexibility index (Phi) is 5.36. The number of nitrogens with one attached hydrogen (secondary N) is 1. The zero-order valence-corrected chi connectivity index (χ0v) is 13.2. The number of rotatable bonds is 4. The lowest BCUT2D eigenvalue weighted by atomic mass is 10.1. The molecule has 8 heteroatoms. The van der Waals surface area contributed by atoms with Gasteiger partial charge in [-0.3, -0.25) is 9.35 Å². The highest BCUT2D eigenvalue weighted by atomic mass is 32.2. The minimum absolute atomic E-state index is 0.0517. The summed E-state index contributed by atoms with van der Waals surface area (Å²) in [6, 6.07) is 7.05. The third kappa shape index (κ3) is 4.81. The average Bonchev–Trinajstić information content (AvgIpc) is 2.53. The van der Waals surface area contributed by atoms with Gasteiger partial charge >= 0.3 is 0 Å². The van der Waals surface area contributed by atoms with Gasteiger partial charge in [0.25, 0.3) is 16.0 Å². The molecule has 0 unspecified atom stereocenters. The molecule has 0 radical (unpaired) electrons. The highest BCUT2D eigenvalue weighted by molar-refractivity contribution is 7.85. The monoisotopic (exact) mass is 335 g/mol. The fraction of sp³-hybridized carbons (Fsp3) is 0.333. The van der Waals surface area contributed by atoms with Crippen molar-refractivity contribution in [2.45, 2.75) is 24.2 Å². The predicted octanol–water partition coefficient (Wildman–Crippen LogP) is 1.77. The van der Waals surface area contributed by atoms with Gasteiger partial charge in [-0.05, 0) is 37.5 Å². The summed E-state index contributed by atoms with van der Waals surface area (Å²) >= 11 is 0. The van der Waals surface area contributed by atoms with Crippen molar-refractivity contribution in [3.8, 4) is 6.07 Å². The van der Waals surface area contributed by atoms with E-state index in [-0.39, 0.29) is 16.2 Å². The number of anilines is 1. The molecule has 1 aromatic carbocycles. The first-order valence-corrected chi connectivity index (χ1v) is 8.59. The van der Waals surface area contributed by atoms with E-state index in [0.717, 1.165) is 38.4 Å². The first-order chi connectivity index (χ1) is 10.9. The van der Waals surface area contributed by atoms with Crippen LogP contribution in [0, 0.1) is 11.3 Å². The van der Waals surface area contributed by atoms with Gasteiger partial charge in [-0.1, -0.05) is 6.07 Å². The number of nitriles is 1. The largest absolute Gasteiger partial charge is 0.376 e. The van der Waals surface area contributed by atoms with E-state index in [2.05, 4.69) is 5.32 Å². The number of carbonyl (C=O) groups is 1. The third-order valence-corrected chi connectivity index (χ3v) is 4.31. The zero-order chi connectivity index (χ0) is 16.9. The molecule has 1 aliphatic heterocycles. The Morgan fingerprint density at radius 1 is 1.30 bits per heavy atom. The van der Waals surface area contributed by atoms with Gasteiger partial charge in [0, 0.05) is 25.0 Å². The highest BCUT2D eigenvalue weighted by Crippen LogP contribution is 2.16. The number of carbonyl (C=O) groups excluding carboxylic acids is 1. The SMILES string of the molecule is N#C/C(=C/N1CCCCC1)C(=O)Nc1cccc(S(=O)(=O)O)c1. The maximum Gasteiger partial charge on any atom is 0.294 e. The third-order valence-electron chi connectivity index (χ3n) is 3.46. The van der Waals surface area contributed by atoms with Crippen LogP contribution in [0.5, 0.6) is 0 Å². The molecule has 1 aromatic rings. The number of benzene rings is 1. The fourth-order valence-electron chi connectivity index (χ4n) is 2.30. The minimum atomic E-state index is -4.35. The van der Waals surface area contributed by atoms with Crippen molar-refractivity contribution in [1.29, 1.82) is 5.26 Å². The summed E-state index contributed by atoms with van der Waals surface area (Å²) in [5, 5.41) is 11.6. The molecule has 1 heterocycles. The molecule has 1 saturated heterocycles. The van der Waals surface area contributed by atoms with Gasteiger partial charge in [-0.15, -0.1) is 0 Å². The minimum Gasteiger partial charge on any atom is -0.376 e. The number of likely N-dealkylation sites (tertiary alicyclic amines) is 1. The summed E-state index contributed by atoms with van der Waals surface area (Å²) in [7, 11) is -4.35. The summed E-state index contributed by atoms with van der Waals surface area (Å²) in [5.41, 5.74) is 0.133. The van der Waals surface area contributed by atoms with Crippen LogP contribution >= 0.6 is 0 Å². The summed E-state index contributed by atoms with van der Waals surface area (Å²) in [4.78, 5) is 13.7. The molecule has 2 rings (SSSR count). The Balaban J connectivity index is 2.14. The molecule has 1 aliphatic rings. The van der Waals surface area contributed by atoms with Gasteiger partial charge in [-0.2, -0.15) is 13.7 Å². The van der Waals surface area contributed by atoms with Crippen LogP contribution in [0.4, 0.5) is 5.69 Å². The predicted molar refractivity (Wildman–Crippen MR) is 84.0 cm³/mol. The number of hydrogen-bond acceptors (Lipinski definition) is 5. The van der Waals surface area contributed by atoms with Crippen molar-refractivity contribution in [2.75, 3.05) is 18.4 Å². The van der Waals surface area contributed by atoms with Crippen LogP contribution in [-0.4, -0.2) is 36.9 Å². The van der Waals surface area contributed by atoms with Crippen molar-refractivity contribution in [3.63, 3.8) is 0 Å². The maximum atomic E-state index is 12.1. The van der Waals surface area contributed by atoms with Gasteiger partial charge < -0.3 is 10.2 Å². The van der Waals surface area contributed by atoms with E-state index in [9.17, 15) is 13.2 Å². The van der Waals surface area contributed by atoms with Gasteiger partial charge in [0.2, 0.25) is 0 Å². The Labute approximate surface area is 135 Å². The fourth-order valence-corrected chi connectivity index (χ4v) is 2.83. The second-order valence-corrected chi connectivity index (χ2v) is 6.63. The van der Waals surface area contributed by atoms with Crippen LogP contribution in [0.15, 0.2) is 40.9 Å². The lowest BCUT2D eigenvalue weighted by Crippen LogP contribution is -2.26. The zero-order valence-electron chi connectivity index (χ0n) is 12.4. The van der Waals surface area contributed by atoms with Crippen LogP contribution in [0.25, 0.3) is 0 Å². The maximum absolute atomic E-state index is 12.1. The lowest BCUT2D eigenvalue weighted by Gasteiger charge is -2.25. The second kappa shape index (κ2) is 7.26. The molecular formula is C15H17N3O4S. The molecule has 0 saturated carbocycles. The molecule has 2 N–H and O–H groups in total. The lowest BCUT2D eigenvalue weighted by molar-refractivity contribution is -0.112. The average molecular weight is 335 g/mol. The number of nitrogens with zero attached hydrogens (tertiary/aromatic N) is 2. The first-order valence-electron chi connectivity index (χ1n) is 7.15. The van der Waals surface area contributed by atoms with E-state index in [4.69, 9.17) is 9.81 Å². The normalized spacial score (nSPS) is 15.8. The van der Waals surface area contributed by atoms with Crippen molar-refractivity contribution in [2.24, 2.45) is 0 Å². The van der Waals surface area contributed by atoms with Gasteiger partial charge in [0.15, 0.2) is 0 Å². The second-order valence-electron chi connectivity index (χ2n) is 5.21. The van der Waals surface area contributed by atoms with E-state index in [1.807, 2.05) is 11.0 Å². The topological polar surface area (TPSA) is 111 Å². The van der Waals surface area contributed by atoms with E-state index in [1.54, 1.807) is 0 Å². The van der Waals surface area contributed by atoms with E-state index >= 15 is 0 Å². The van der Waals surface area contributed by atoms with Crippen molar-refractivity contribution in [3.05, 3.63) is 36.0 Å². The molecule has 0 bridgehead atoms. The molecule has 0 aromatic heterocycles. The molecule has 0 spiro atoms. The number of piperidine rings is 1. The van der Waals surface area contributed by atoms with Crippen LogP contribution in [0.1, 0.15) is 19.3 Å². The number of hydrogen-bond donors (Lipinski definition) is 2. The van der Waals surface area contributed by atoms with Crippen molar-refractivity contribution in [1.82, 2.24) is 4.90 Å². The van der Waals surface area contributed by atoms with Crippen LogP contribution in [0.2, 0.25) is 0 Å². The summed E-state index contributed by atoms with van der Waals surface area (Å²) in [5.74, 6) is -0.620. The molecule has 1 amide bonds. The molecule has 0 aliphatic carbocycles. The Bertz CT molecular complexity index is 759. The molecule has 23 heavy (non-hydrogen) atoms.